The van der Waals surface area contributed by atoms with Crippen LogP contribution in [0.25, 0.3) is 22.4 Å². The quantitative estimate of drug-likeness (QED) is 0.237. The first kappa shape index (κ1) is 23.6. The van der Waals surface area contributed by atoms with Crippen LogP contribution in [0.1, 0.15) is 30.7 Å². The molecule has 0 spiro atoms. The molecule has 2 aromatic heterocycles. The van der Waals surface area contributed by atoms with E-state index in [-0.39, 0.29) is 11.5 Å². The molecule has 1 amide bonds. The van der Waals surface area contributed by atoms with E-state index in [2.05, 4.69) is 4.98 Å². The molecule has 35 heavy (non-hydrogen) atoms. The molecule has 4 aromatic rings. The molecule has 5 rings (SSSR count). The fourth-order valence-corrected chi connectivity index (χ4v) is 5.38. The molecule has 3 heterocycles. The van der Waals surface area contributed by atoms with E-state index in [0.717, 1.165) is 30.0 Å². The second kappa shape index (κ2) is 10.3. The van der Waals surface area contributed by atoms with Gasteiger partial charge in [-0.05, 0) is 56.2 Å². The van der Waals surface area contributed by atoms with E-state index < -0.39 is 0 Å². The van der Waals surface area contributed by atoms with Crippen LogP contribution in [0.4, 0.5) is 0 Å². The van der Waals surface area contributed by atoms with Crippen LogP contribution in [-0.4, -0.2) is 38.4 Å². The minimum atomic E-state index is -0.0652. The molecule has 1 saturated heterocycles. The Morgan fingerprint density at radius 1 is 1.06 bits per heavy atom. The van der Waals surface area contributed by atoms with Gasteiger partial charge in [0.25, 0.3) is 5.56 Å². The highest BCUT2D eigenvalue weighted by molar-refractivity contribution is 7.98. The van der Waals surface area contributed by atoms with Crippen molar-refractivity contribution in [2.75, 3.05) is 13.1 Å². The largest absolute Gasteiger partial charge is 0.441 e. The van der Waals surface area contributed by atoms with E-state index in [9.17, 15) is 9.59 Å². The first-order valence-electron chi connectivity index (χ1n) is 11.6. The van der Waals surface area contributed by atoms with Crippen LogP contribution in [0.15, 0.2) is 62.9 Å². The molecule has 2 aromatic carbocycles. The molecular formula is C26H25ClN4O3S. The first-order chi connectivity index (χ1) is 17.0. The van der Waals surface area contributed by atoms with E-state index in [0.29, 0.717) is 58.7 Å². The third-order valence-electron chi connectivity index (χ3n) is 6.13. The molecular weight excluding hydrogens is 484 g/mol. The summed E-state index contributed by atoms with van der Waals surface area (Å²) in [6.07, 6.45) is 2.23. The second-order valence-electron chi connectivity index (χ2n) is 8.52. The number of hydrogen-bond acceptors (Lipinski definition) is 6. The van der Waals surface area contributed by atoms with Gasteiger partial charge in [0.15, 0.2) is 5.16 Å². The summed E-state index contributed by atoms with van der Waals surface area (Å²) >= 11 is 7.46. The number of fused-ring (bicyclic) bond motifs is 1. The number of rotatable bonds is 8. The van der Waals surface area contributed by atoms with Gasteiger partial charge in [-0.1, -0.05) is 35.5 Å². The molecule has 7 nitrogen and oxygen atoms in total. The maximum atomic E-state index is 13.3. The van der Waals surface area contributed by atoms with Gasteiger partial charge in [-0.25, -0.2) is 9.97 Å². The minimum Gasteiger partial charge on any atom is -0.441 e. The number of aryl methyl sites for hydroxylation is 1. The lowest BCUT2D eigenvalue weighted by Crippen LogP contribution is -2.29. The summed E-state index contributed by atoms with van der Waals surface area (Å²) < 4.78 is 7.62. The van der Waals surface area contributed by atoms with Crippen molar-refractivity contribution in [2.45, 2.75) is 43.6 Å². The number of amides is 1. The number of carbonyl (C=O) groups excluding carboxylic acids is 1. The molecule has 0 saturated carbocycles. The standard InChI is InChI=1S/C26H25ClN4O3S/c1-17-22(28-24(34-17)18-9-11-19(27)12-10-18)16-35-26-29-21-7-3-2-6-20(21)25(33)31(26)15-5-14-30-13-4-8-23(30)32/h2-3,6-7,9-12H,4-5,8,13-16H2,1H3. The number of halogens is 1. The molecule has 0 aliphatic carbocycles. The van der Waals surface area contributed by atoms with Crippen molar-refractivity contribution < 1.29 is 9.21 Å². The van der Waals surface area contributed by atoms with E-state index in [1.165, 1.54) is 11.8 Å². The van der Waals surface area contributed by atoms with Crippen LogP contribution in [0.5, 0.6) is 0 Å². The Labute approximate surface area is 212 Å². The maximum Gasteiger partial charge on any atom is 0.262 e. The van der Waals surface area contributed by atoms with Crippen LogP contribution < -0.4 is 5.56 Å². The van der Waals surface area contributed by atoms with Crippen LogP contribution in [0, 0.1) is 6.92 Å². The van der Waals surface area contributed by atoms with Crippen molar-refractivity contribution in [2.24, 2.45) is 0 Å². The third-order valence-corrected chi connectivity index (χ3v) is 7.37. The normalized spacial score (nSPS) is 13.8. The highest BCUT2D eigenvalue weighted by Gasteiger charge is 2.20. The Morgan fingerprint density at radius 2 is 1.86 bits per heavy atom. The summed E-state index contributed by atoms with van der Waals surface area (Å²) in [6.45, 7) is 3.83. The number of nitrogens with zero attached hydrogens (tertiary/aromatic N) is 4. The van der Waals surface area contributed by atoms with Gasteiger partial charge in [-0.15, -0.1) is 0 Å². The molecule has 1 aliphatic heterocycles. The summed E-state index contributed by atoms with van der Waals surface area (Å²) in [5.74, 6) is 1.97. The Morgan fingerprint density at radius 3 is 2.63 bits per heavy atom. The molecule has 0 N–H and O–H groups in total. The number of carbonyl (C=O) groups is 1. The monoisotopic (exact) mass is 508 g/mol. The fourth-order valence-electron chi connectivity index (χ4n) is 4.23. The summed E-state index contributed by atoms with van der Waals surface area (Å²) in [4.78, 5) is 36.6. The lowest BCUT2D eigenvalue weighted by atomic mass is 10.2. The second-order valence-corrected chi connectivity index (χ2v) is 9.90. The Balaban J connectivity index is 1.38. The van der Waals surface area contributed by atoms with Crippen molar-refractivity contribution in [1.29, 1.82) is 0 Å². The molecule has 1 fully saturated rings. The average molecular weight is 509 g/mol. The topological polar surface area (TPSA) is 81.2 Å². The van der Waals surface area contributed by atoms with Crippen molar-refractivity contribution in [1.82, 2.24) is 19.4 Å². The number of benzene rings is 2. The summed E-state index contributed by atoms with van der Waals surface area (Å²) in [5.41, 5.74) is 2.26. The van der Waals surface area contributed by atoms with Gasteiger partial charge in [0.05, 0.1) is 16.6 Å². The number of oxazole rings is 1. The van der Waals surface area contributed by atoms with Crippen molar-refractivity contribution >= 4 is 40.2 Å². The maximum absolute atomic E-state index is 13.3. The SMILES string of the molecule is Cc1oc(-c2ccc(Cl)cc2)nc1CSc1nc2ccccc2c(=O)n1CCCN1CCCC1=O. The molecule has 0 radical (unpaired) electrons. The molecule has 0 unspecified atom stereocenters. The van der Waals surface area contributed by atoms with Crippen LogP contribution in [-0.2, 0) is 17.1 Å². The predicted molar refractivity (Wildman–Crippen MR) is 138 cm³/mol. The zero-order valence-corrected chi connectivity index (χ0v) is 20.9. The molecule has 0 bridgehead atoms. The van der Waals surface area contributed by atoms with E-state index in [4.69, 9.17) is 21.0 Å². The van der Waals surface area contributed by atoms with Crippen LogP contribution in [0.3, 0.4) is 0 Å². The van der Waals surface area contributed by atoms with Gasteiger partial charge in [-0.3, -0.25) is 14.2 Å². The zero-order valence-electron chi connectivity index (χ0n) is 19.4. The molecule has 180 valence electrons. The summed E-state index contributed by atoms with van der Waals surface area (Å²) in [5, 5.41) is 1.89. The van der Waals surface area contributed by atoms with Gasteiger partial charge < -0.3 is 9.32 Å². The van der Waals surface area contributed by atoms with Gasteiger partial charge in [0, 0.05) is 42.4 Å². The Kier molecular flexibility index (Phi) is 6.92. The number of para-hydroxylation sites is 1. The Hall–Kier alpha value is -3.10. The van der Waals surface area contributed by atoms with Gasteiger partial charge in [0.2, 0.25) is 11.8 Å². The number of likely N-dealkylation sites (tertiary alicyclic amines) is 1. The highest BCUT2D eigenvalue weighted by Crippen LogP contribution is 2.28. The first-order valence-corrected chi connectivity index (χ1v) is 13.0. The number of hydrogen-bond donors (Lipinski definition) is 0. The van der Waals surface area contributed by atoms with E-state index in [1.54, 1.807) is 22.8 Å². The fraction of sp³-hybridized carbons (Fsp3) is 0.308. The number of aromatic nitrogens is 3. The lowest BCUT2D eigenvalue weighted by Gasteiger charge is -2.17. The third kappa shape index (κ3) is 5.13. The minimum absolute atomic E-state index is 0.0652. The molecule has 1 aliphatic rings. The van der Waals surface area contributed by atoms with E-state index >= 15 is 0 Å². The van der Waals surface area contributed by atoms with Gasteiger partial charge >= 0.3 is 0 Å². The molecule has 9 heteroatoms. The van der Waals surface area contributed by atoms with Crippen LogP contribution in [0.2, 0.25) is 5.02 Å². The molecule has 0 atom stereocenters. The number of thioether (sulfide) groups is 1. The Bertz CT molecular complexity index is 1430. The summed E-state index contributed by atoms with van der Waals surface area (Å²) in [6, 6.07) is 14.7. The van der Waals surface area contributed by atoms with Gasteiger partial charge in [0.1, 0.15) is 5.76 Å². The summed E-state index contributed by atoms with van der Waals surface area (Å²) in [7, 11) is 0. The predicted octanol–water partition coefficient (Wildman–Crippen LogP) is 5.32. The van der Waals surface area contributed by atoms with Crippen LogP contribution >= 0.6 is 23.4 Å². The smallest absolute Gasteiger partial charge is 0.262 e. The lowest BCUT2D eigenvalue weighted by molar-refractivity contribution is -0.127. The highest BCUT2D eigenvalue weighted by atomic mass is 35.5. The van der Waals surface area contributed by atoms with Crippen molar-refractivity contribution in [3.63, 3.8) is 0 Å². The van der Waals surface area contributed by atoms with Crippen molar-refractivity contribution in [3.05, 3.63) is 75.4 Å². The van der Waals surface area contributed by atoms with Gasteiger partial charge in [-0.2, -0.15) is 0 Å². The average Bonchev–Trinajstić information content (AvgIpc) is 3.44. The van der Waals surface area contributed by atoms with Crippen molar-refractivity contribution in [3.8, 4) is 11.5 Å². The zero-order chi connectivity index (χ0) is 24.4. The van der Waals surface area contributed by atoms with E-state index in [1.807, 2.05) is 42.2 Å².